The highest BCUT2D eigenvalue weighted by Crippen LogP contribution is 2.29. The number of pyridine rings is 1. The van der Waals surface area contributed by atoms with Gasteiger partial charge in [0.25, 0.3) is 0 Å². The molecule has 0 aliphatic carbocycles. The first kappa shape index (κ1) is 15.9. The van der Waals surface area contributed by atoms with Crippen molar-refractivity contribution in [1.82, 2.24) is 15.3 Å². The molecule has 0 amide bonds. The van der Waals surface area contributed by atoms with Crippen LogP contribution >= 0.6 is 11.3 Å². The van der Waals surface area contributed by atoms with Gasteiger partial charge in [0.05, 0.1) is 25.8 Å². The Labute approximate surface area is 138 Å². The fourth-order valence-corrected chi connectivity index (χ4v) is 3.52. The molecule has 2 aromatic heterocycles. The lowest BCUT2D eigenvalue weighted by Gasteiger charge is -2.11. The number of aromatic nitrogens is 2. The summed E-state index contributed by atoms with van der Waals surface area (Å²) in [6.45, 7) is 0.788. The Morgan fingerprint density at radius 3 is 3.17 bits per heavy atom. The highest BCUT2D eigenvalue weighted by Gasteiger charge is 2.28. The highest BCUT2D eigenvalue weighted by molar-refractivity contribution is 7.11. The quantitative estimate of drug-likeness (QED) is 0.817. The van der Waals surface area contributed by atoms with Crippen LogP contribution in [0.1, 0.15) is 28.8 Å². The molecule has 1 N–H and O–H groups in total. The maximum absolute atomic E-state index is 11.2. The minimum atomic E-state index is -0.191. The molecule has 1 fully saturated rings. The molecule has 3 rings (SSSR count). The van der Waals surface area contributed by atoms with Crippen molar-refractivity contribution in [3.05, 3.63) is 40.6 Å². The van der Waals surface area contributed by atoms with Gasteiger partial charge in [-0.1, -0.05) is 0 Å². The Bertz CT molecular complexity index is 647. The van der Waals surface area contributed by atoms with Crippen LogP contribution in [-0.4, -0.2) is 35.7 Å². The molecule has 0 bridgehead atoms. The van der Waals surface area contributed by atoms with E-state index < -0.39 is 0 Å². The van der Waals surface area contributed by atoms with E-state index in [4.69, 9.17) is 4.74 Å². The summed E-state index contributed by atoms with van der Waals surface area (Å²) in [5.74, 6) is 0.599. The molecule has 2 aromatic rings. The van der Waals surface area contributed by atoms with Crippen molar-refractivity contribution >= 4 is 17.3 Å². The Hall–Kier alpha value is -1.99. The summed E-state index contributed by atoms with van der Waals surface area (Å²) in [6.07, 6.45) is 7.36. The van der Waals surface area contributed by atoms with Crippen LogP contribution in [0.25, 0.3) is 0 Å². The predicted molar refractivity (Wildman–Crippen MR) is 86.5 cm³/mol. The third-order valence-corrected chi connectivity index (χ3v) is 4.87. The zero-order valence-electron chi connectivity index (χ0n) is 12.9. The standard InChI is InChI=1S/C16H19N3O3S/c1-21-15(20)5-4-13-10-19-16(23-13)14-7-12(9-18-14)22-11-3-2-6-17-8-11/h2-3,6,8,10,12,14,18H,4-5,7,9H2,1H3/t12-,14-/m0/s1. The summed E-state index contributed by atoms with van der Waals surface area (Å²) in [5, 5.41) is 4.49. The van der Waals surface area contributed by atoms with E-state index in [1.807, 2.05) is 18.3 Å². The number of hydrogen-bond acceptors (Lipinski definition) is 7. The van der Waals surface area contributed by atoms with Crippen molar-refractivity contribution in [2.75, 3.05) is 13.7 Å². The van der Waals surface area contributed by atoms with Gasteiger partial charge >= 0.3 is 5.97 Å². The van der Waals surface area contributed by atoms with Gasteiger partial charge in [-0.3, -0.25) is 9.78 Å². The summed E-state index contributed by atoms with van der Waals surface area (Å²) in [4.78, 5) is 20.8. The average molecular weight is 333 g/mol. The molecular weight excluding hydrogens is 314 g/mol. The number of methoxy groups -OCH3 is 1. The van der Waals surface area contributed by atoms with E-state index in [1.54, 1.807) is 23.7 Å². The van der Waals surface area contributed by atoms with E-state index in [2.05, 4.69) is 20.0 Å². The normalized spacial score (nSPS) is 20.4. The van der Waals surface area contributed by atoms with E-state index in [-0.39, 0.29) is 18.1 Å². The number of thiazole rings is 1. The number of ether oxygens (including phenoxy) is 2. The van der Waals surface area contributed by atoms with Gasteiger partial charge in [0, 0.05) is 30.2 Å². The van der Waals surface area contributed by atoms with Crippen molar-refractivity contribution in [1.29, 1.82) is 0 Å². The van der Waals surface area contributed by atoms with Crippen molar-refractivity contribution in [2.24, 2.45) is 0 Å². The minimum Gasteiger partial charge on any atom is -0.487 e. The molecule has 0 unspecified atom stereocenters. The first-order valence-corrected chi connectivity index (χ1v) is 8.37. The van der Waals surface area contributed by atoms with Gasteiger partial charge in [0.15, 0.2) is 0 Å². The molecule has 1 aliphatic rings. The van der Waals surface area contributed by atoms with Crippen LogP contribution in [0, 0.1) is 0 Å². The first-order valence-electron chi connectivity index (χ1n) is 7.56. The van der Waals surface area contributed by atoms with E-state index >= 15 is 0 Å². The van der Waals surface area contributed by atoms with E-state index in [1.165, 1.54) is 7.11 Å². The Balaban J connectivity index is 1.53. The fourth-order valence-electron chi connectivity index (χ4n) is 2.52. The number of nitrogens with zero attached hydrogens (tertiary/aromatic N) is 2. The molecule has 0 spiro atoms. The average Bonchev–Trinajstić information content (AvgIpc) is 3.22. The Morgan fingerprint density at radius 1 is 1.48 bits per heavy atom. The SMILES string of the molecule is COC(=O)CCc1cnc([C@@H]2C[C@H](Oc3cccnc3)CN2)s1. The second-order valence-corrected chi connectivity index (χ2v) is 6.51. The lowest BCUT2D eigenvalue weighted by Crippen LogP contribution is -2.19. The molecule has 1 aliphatic heterocycles. The maximum atomic E-state index is 11.2. The van der Waals surface area contributed by atoms with Crippen LogP contribution in [0.2, 0.25) is 0 Å². The number of carbonyl (C=O) groups is 1. The van der Waals surface area contributed by atoms with Crippen molar-refractivity contribution in [3.63, 3.8) is 0 Å². The number of rotatable bonds is 6. The van der Waals surface area contributed by atoms with Crippen LogP contribution in [0.4, 0.5) is 0 Å². The van der Waals surface area contributed by atoms with Gasteiger partial charge in [-0.05, 0) is 18.6 Å². The van der Waals surface area contributed by atoms with Crippen LogP contribution in [-0.2, 0) is 16.0 Å². The van der Waals surface area contributed by atoms with Crippen LogP contribution < -0.4 is 10.1 Å². The lowest BCUT2D eigenvalue weighted by molar-refractivity contribution is -0.140. The second-order valence-electron chi connectivity index (χ2n) is 5.37. The molecule has 3 heterocycles. The molecule has 23 heavy (non-hydrogen) atoms. The number of nitrogens with one attached hydrogen (secondary N) is 1. The number of hydrogen-bond donors (Lipinski definition) is 1. The summed E-state index contributed by atoms with van der Waals surface area (Å²) >= 11 is 1.64. The molecule has 7 heteroatoms. The van der Waals surface area contributed by atoms with E-state index in [9.17, 15) is 4.79 Å². The van der Waals surface area contributed by atoms with E-state index in [0.717, 1.165) is 28.6 Å². The number of esters is 1. The van der Waals surface area contributed by atoms with Gasteiger partial charge in [-0.15, -0.1) is 11.3 Å². The van der Waals surface area contributed by atoms with Crippen molar-refractivity contribution in [2.45, 2.75) is 31.4 Å². The van der Waals surface area contributed by atoms with E-state index in [0.29, 0.717) is 12.8 Å². The third-order valence-electron chi connectivity index (χ3n) is 3.70. The summed E-state index contributed by atoms with van der Waals surface area (Å²) in [6, 6.07) is 3.98. The van der Waals surface area contributed by atoms with Gasteiger partial charge in [-0.2, -0.15) is 0 Å². The topological polar surface area (TPSA) is 73.3 Å². The van der Waals surface area contributed by atoms with Crippen molar-refractivity contribution in [3.8, 4) is 5.75 Å². The number of carbonyl (C=O) groups excluding carboxylic acids is 1. The van der Waals surface area contributed by atoms with Crippen LogP contribution in [0.5, 0.6) is 5.75 Å². The van der Waals surface area contributed by atoms with Gasteiger partial charge in [0.2, 0.25) is 0 Å². The van der Waals surface area contributed by atoms with Gasteiger partial charge < -0.3 is 14.8 Å². The summed E-state index contributed by atoms with van der Waals surface area (Å²) in [5.41, 5.74) is 0. The zero-order chi connectivity index (χ0) is 16.1. The van der Waals surface area contributed by atoms with Crippen molar-refractivity contribution < 1.29 is 14.3 Å². The van der Waals surface area contributed by atoms with Gasteiger partial charge in [0.1, 0.15) is 16.9 Å². The lowest BCUT2D eigenvalue weighted by atomic mass is 10.2. The highest BCUT2D eigenvalue weighted by atomic mass is 32.1. The number of aryl methyl sites for hydroxylation is 1. The zero-order valence-corrected chi connectivity index (χ0v) is 13.7. The minimum absolute atomic E-state index is 0.117. The largest absolute Gasteiger partial charge is 0.487 e. The van der Waals surface area contributed by atoms with Crippen LogP contribution in [0.15, 0.2) is 30.7 Å². The molecule has 0 radical (unpaired) electrons. The van der Waals surface area contributed by atoms with Gasteiger partial charge in [-0.25, -0.2) is 4.98 Å². The first-order chi connectivity index (χ1) is 11.2. The predicted octanol–water partition coefficient (Wildman–Crippen LogP) is 2.13. The Morgan fingerprint density at radius 2 is 2.39 bits per heavy atom. The maximum Gasteiger partial charge on any atom is 0.305 e. The molecule has 1 saturated heterocycles. The molecule has 0 saturated carbocycles. The third kappa shape index (κ3) is 4.27. The smallest absolute Gasteiger partial charge is 0.305 e. The molecule has 122 valence electrons. The second kappa shape index (κ2) is 7.52. The fraction of sp³-hybridized carbons (Fsp3) is 0.438. The molecular formula is C16H19N3O3S. The molecule has 0 aromatic carbocycles. The molecule has 2 atom stereocenters. The summed E-state index contributed by atoms with van der Waals surface area (Å²) in [7, 11) is 1.41. The monoisotopic (exact) mass is 333 g/mol. The molecule has 6 nitrogen and oxygen atoms in total. The van der Waals surface area contributed by atoms with Crippen LogP contribution in [0.3, 0.4) is 0 Å². The summed E-state index contributed by atoms with van der Waals surface area (Å²) < 4.78 is 10.6. The Kier molecular flexibility index (Phi) is 5.19.